The number of thioether (sulfide) groups is 1. The Morgan fingerprint density at radius 1 is 0.931 bits per heavy atom. The molecule has 0 aliphatic carbocycles. The van der Waals surface area contributed by atoms with Crippen molar-refractivity contribution in [3.8, 4) is 0 Å². The van der Waals surface area contributed by atoms with E-state index >= 15 is 0 Å². The van der Waals surface area contributed by atoms with Crippen LogP contribution in [0.3, 0.4) is 0 Å². The summed E-state index contributed by atoms with van der Waals surface area (Å²) in [5.41, 5.74) is 0.219. The van der Waals surface area contributed by atoms with Gasteiger partial charge in [0.05, 0.1) is 10.6 Å². The number of hydrogen-bond acceptors (Lipinski definition) is 4. The number of sulfonamides is 1. The summed E-state index contributed by atoms with van der Waals surface area (Å²) in [5.74, 6) is -0.288. The third-order valence-electron chi connectivity index (χ3n) is 3.89. The second-order valence-corrected chi connectivity index (χ2v) is 8.92. The lowest BCUT2D eigenvalue weighted by atomic mass is 10.3. The lowest BCUT2D eigenvalue weighted by Gasteiger charge is -2.11. The Kier molecular flexibility index (Phi) is 6.90. The minimum absolute atomic E-state index is 0.0720. The highest BCUT2D eigenvalue weighted by Crippen LogP contribution is 2.22. The van der Waals surface area contributed by atoms with Crippen LogP contribution in [0.15, 0.2) is 88.7 Å². The molecule has 5 nitrogen and oxygen atoms in total. The molecule has 0 aliphatic rings. The van der Waals surface area contributed by atoms with Gasteiger partial charge in [-0.25, -0.2) is 12.8 Å². The van der Waals surface area contributed by atoms with Crippen LogP contribution in [0.25, 0.3) is 0 Å². The summed E-state index contributed by atoms with van der Waals surface area (Å²) in [5, 5.41) is 2.70. The molecule has 3 aromatic carbocycles. The molecule has 0 aliphatic heterocycles. The van der Waals surface area contributed by atoms with E-state index in [9.17, 15) is 17.6 Å². The number of benzene rings is 3. The monoisotopic (exact) mass is 430 g/mol. The van der Waals surface area contributed by atoms with E-state index < -0.39 is 15.8 Å². The molecule has 150 valence electrons. The molecular formula is C21H19FN2O3S2. The fraction of sp³-hybridized carbons (Fsp3) is 0.0952. The molecule has 0 radical (unpaired) electrons. The van der Waals surface area contributed by atoms with Gasteiger partial charge in [0.2, 0.25) is 5.91 Å². The Bertz CT molecular complexity index is 1090. The van der Waals surface area contributed by atoms with Crippen molar-refractivity contribution < 1.29 is 17.6 Å². The van der Waals surface area contributed by atoms with Gasteiger partial charge in [0, 0.05) is 22.8 Å². The van der Waals surface area contributed by atoms with Crippen molar-refractivity contribution in [2.75, 3.05) is 15.8 Å². The normalized spacial score (nSPS) is 11.1. The van der Waals surface area contributed by atoms with Gasteiger partial charge in [-0.15, -0.1) is 11.8 Å². The van der Waals surface area contributed by atoms with Crippen molar-refractivity contribution in [3.63, 3.8) is 0 Å². The predicted molar refractivity (Wildman–Crippen MR) is 114 cm³/mol. The summed E-state index contributed by atoms with van der Waals surface area (Å²) < 4.78 is 41.0. The molecule has 8 heteroatoms. The smallest absolute Gasteiger partial charge is 0.262 e. The van der Waals surface area contributed by atoms with Gasteiger partial charge in [0.15, 0.2) is 0 Å². The molecule has 29 heavy (non-hydrogen) atoms. The molecule has 0 saturated carbocycles. The third-order valence-corrected chi connectivity index (χ3v) is 6.26. The first-order valence-corrected chi connectivity index (χ1v) is 11.3. The quantitative estimate of drug-likeness (QED) is 0.506. The first kappa shape index (κ1) is 20.9. The first-order chi connectivity index (χ1) is 13.9. The SMILES string of the molecule is O=C(CCSc1ccccc1)Nc1cccc(S(=O)(=O)Nc2ccccc2F)c1. The molecule has 0 unspecified atom stereocenters. The summed E-state index contributed by atoms with van der Waals surface area (Å²) in [6, 6.07) is 21.1. The van der Waals surface area contributed by atoms with Crippen molar-refractivity contribution in [3.05, 3.63) is 84.7 Å². The van der Waals surface area contributed by atoms with Crippen molar-refractivity contribution in [1.82, 2.24) is 0 Å². The predicted octanol–water partition coefficient (Wildman–Crippen LogP) is 4.75. The van der Waals surface area contributed by atoms with E-state index in [0.29, 0.717) is 11.4 Å². The van der Waals surface area contributed by atoms with E-state index in [1.54, 1.807) is 17.8 Å². The van der Waals surface area contributed by atoms with Crippen LogP contribution in [0, 0.1) is 5.82 Å². The molecular weight excluding hydrogens is 411 g/mol. The number of rotatable bonds is 8. The zero-order valence-electron chi connectivity index (χ0n) is 15.3. The molecule has 0 fully saturated rings. The Labute approximate surface area is 173 Å². The Morgan fingerprint density at radius 3 is 2.41 bits per heavy atom. The number of halogens is 1. The number of nitrogens with one attached hydrogen (secondary N) is 2. The molecule has 0 bridgehead atoms. The molecule has 2 N–H and O–H groups in total. The maximum atomic E-state index is 13.7. The summed E-state index contributed by atoms with van der Waals surface area (Å²) in [6.45, 7) is 0. The molecule has 0 saturated heterocycles. The zero-order valence-corrected chi connectivity index (χ0v) is 17.0. The number of carbonyl (C=O) groups is 1. The van der Waals surface area contributed by atoms with Gasteiger partial charge in [-0.1, -0.05) is 36.4 Å². The second-order valence-electron chi connectivity index (χ2n) is 6.07. The fourth-order valence-corrected chi connectivity index (χ4v) is 4.48. The largest absolute Gasteiger partial charge is 0.326 e. The van der Waals surface area contributed by atoms with Crippen LogP contribution in [-0.2, 0) is 14.8 Å². The maximum Gasteiger partial charge on any atom is 0.262 e. The number of hydrogen-bond donors (Lipinski definition) is 2. The van der Waals surface area contributed by atoms with Gasteiger partial charge in [-0.3, -0.25) is 9.52 Å². The van der Waals surface area contributed by atoms with Crippen LogP contribution >= 0.6 is 11.8 Å². The van der Waals surface area contributed by atoms with Gasteiger partial charge in [-0.2, -0.15) is 0 Å². The second kappa shape index (κ2) is 9.58. The van der Waals surface area contributed by atoms with E-state index in [4.69, 9.17) is 0 Å². The number of amides is 1. The van der Waals surface area contributed by atoms with Crippen molar-refractivity contribution in [1.29, 1.82) is 0 Å². The van der Waals surface area contributed by atoms with Crippen molar-refractivity contribution in [2.24, 2.45) is 0 Å². The summed E-state index contributed by atoms with van der Waals surface area (Å²) in [6.07, 6.45) is 0.282. The summed E-state index contributed by atoms with van der Waals surface area (Å²) >= 11 is 1.57. The fourth-order valence-electron chi connectivity index (χ4n) is 2.49. The van der Waals surface area contributed by atoms with Crippen LogP contribution in [0.4, 0.5) is 15.8 Å². The Hall–Kier alpha value is -2.84. The van der Waals surface area contributed by atoms with E-state index in [1.165, 1.54) is 42.5 Å². The molecule has 1 amide bonds. The van der Waals surface area contributed by atoms with Gasteiger partial charge in [0.25, 0.3) is 10.0 Å². The Morgan fingerprint density at radius 2 is 1.66 bits per heavy atom. The molecule has 0 atom stereocenters. The lowest BCUT2D eigenvalue weighted by Crippen LogP contribution is -2.15. The number of carbonyl (C=O) groups excluding carboxylic acids is 1. The van der Waals surface area contributed by atoms with E-state index in [2.05, 4.69) is 10.0 Å². The molecule has 0 spiro atoms. The number of para-hydroxylation sites is 1. The van der Waals surface area contributed by atoms with Crippen LogP contribution in [0.2, 0.25) is 0 Å². The van der Waals surface area contributed by atoms with Crippen LogP contribution in [0.5, 0.6) is 0 Å². The van der Waals surface area contributed by atoms with Crippen LogP contribution in [-0.4, -0.2) is 20.1 Å². The van der Waals surface area contributed by atoms with Gasteiger partial charge in [-0.05, 0) is 42.5 Å². The highest BCUT2D eigenvalue weighted by molar-refractivity contribution is 7.99. The first-order valence-electron chi connectivity index (χ1n) is 8.79. The molecule has 3 rings (SSSR count). The molecule has 0 heterocycles. The highest BCUT2D eigenvalue weighted by atomic mass is 32.2. The average molecular weight is 431 g/mol. The number of anilines is 2. The average Bonchev–Trinajstić information content (AvgIpc) is 2.71. The summed E-state index contributed by atoms with van der Waals surface area (Å²) in [4.78, 5) is 13.2. The standard InChI is InChI=1S/C21H19FN2O3S2/c22-19-11-4-5-12-20(19)24-29(26,27)18-10-6-7-16(15-18)23-21(25)13-14-28-17-8-2-1-3-9-17/h1-12,15,24H,13-14H2,(H,23,25). The third kappa shape index (κ3) is 6.07. The van der Waals surface area contributed by atoms with Crippen LogP contribution < -0.4 is 10.0 Å². The van der Waals surface area contributed by atoms with Crippen LogP contribution in [0.1, 0.15) is 6.42 Å². The van der Waals surface area contributed by atoms with Gasteiger partial charge in [0.1, 0.15) is 5.82 Å². The molecule has 3 aromatic rings. The zero-order chi connectivity index (χ0) is 20.7. The van der Waals surface area contributed by atoms with Crippen molar-refractivity contribution >= 4 is 39.1 Å². The summed E-state index contributed by atoms with van der Waals surface area (Å²) in [7, 11) is -3.99. The van der Waals surface area contributed by atoms with Crippen molar-refractivity contribution in [2.45, 2.75) is 16.2 Å². The topological polar surface area (TPSA) is 75.3 Å². The van der Waals surface area contributed by atoms with E-state index in [-0.39, 0.29) is 22.9 Å². The van der Waals surface area contributed by atoms with Gasteiger partial charge < -0.3 is 5.32 Å². The highest BCUT2D eigenvalue weighted by Gasteiger charge is 2.17. The van der Waals surface area contributed by atoms with E-state index in [0.717, 1.165) is 4.90 Å². The molecule has 0 aromatic heterocycles. The minimum atomic E-state index is -3.99. The minimum Gasteiger partial charge on any atom is -0.326 e. The Balaban J connectivity index is 1.61. The maximum absolute atomic E-state index is 13.7. The van der Waals surface area contributed by atoms with E-state index in [1.807, 2.05) is 30.3 Å². The van der Waals surface area contributed by atoms with Gasteiger partial charge >= 0.3 is 0 Å². The lowest BCUT2D eigenvalue weighted by molar-refractivity contribution is -0.115.